The summed E-state index contributed by atoms with van der Waals surface area (Å²) in [6.45, 7) is 30.0. The van der Waals surface area contributed by atoms with Gasteiger partial charge in [0.15, 0.2) is 28.5 Å². The zero-order valence-corrected chi connectivity index (χ0v) is 81.6. The third-order valence-electron chi connectivity index (χ3n) is 30.8. The normalized spacial score (nSPS) is 16.0. The van der Waals surface area contributed by atoms with Crippen LogP contribution in [-0.2, 0) is 41.7 Å². The van der Waals surface area contributed by atoms with Gasteiger partial charge in [-0.05, 0) is 310 Å². The van der Waals surface area contributed by atoms with E-state index in [1.54, 1.807) is 0 Å². The first-order chi connectivity index (χ1) is 64.5. The maximum absolute atomic E-state index is 8.82. The fourth-order valence-corrected chi connectivity index (χ4v) is 22.4. The van der Waals surface area contributed by atoms with Gasteiger partial charge in [0.2, 0.25) is 28.5 Å². The summed E-state index contributed by atoms with van der Waals surface area (Å²) >= 11 is 0. The Kier molecular flexibility index (Phi) is 26.8. The van der Waals surface area contributed by atoms with Crippen molar-refractivity contribution in [3.8, 4) is 56.3 Å². The molecule has 6 heteroatoms. The van der Waals surface area contributed by atoms with Crippen molar-refractivity contribution in [2.75, 3.05) is 0 Å². The molecule has 6 nitrogen and oxygen atoms in total. The first kappa shape index (κ1) is 85.0. The zero-order chi connectivity index (χ0) is 94.8. The largest absolute Gasteiger partial charge is 0.264 e. The van der Waals surface area contributed by atoms with Gasteiger partial charge in [-0.1, -0.05) is 217 Å². The number of rotatable bonds is 11. The van der Waals surface area contributed by atoms with E-state index in [0.29, 0.717) is 59.8 Å². The zero-order valence-electron chi connectivity index (χ0n) is 86.6. The molecule has 0 amide bonds. The molecule has 0 saturated heterocycles. The van der Waals surface area contributed by atoms with Crippen LogP contribution in [0.5, 0.6) is 0 Å². The first-order valence-corrected chi connectivity index (χ1v) is 49.4. The molecule has 5 saturated carbocycles. The average molecular weight is 1710 g/mol. The molecule has 0 bridgehead atoms. The van der Waals surface area contributed by atoms with E-state index in [2.05, 4.69) is 323 Å². The van der Waals surface area contributed by atoms with Crippen molar-refractivity contribution in [2.24, 2.45) is 35.2 Å². The van der Waals surface area contributed by atoms with Gasteiger partial charge in [-0.25, -0.2) is 0 Å². The molecule has 15 aromatic rings. The van der Waals surface area contributed by atoms with Gasteiger partial charge in [-0.3, -0.25) is 4.98 Å². The van der Waals surface area contributed by atoms with Crippen LogP contribution >= 0.6 is 0 Å². The Hall–Kier alpha value is -10.8. The lowest BCUT2D eigenvalue weighted by Gasteiger charge is -2.22. The van der Waals surface area contributed by atoms with Crippen LogP contribution in [0.1, 0.15) is 304 Å². The highest BCUT2D eigenvalue weighted by molar-refractivity contribution is 5.99. The number of hydrogen-bond donors (Lipinski definition) is 0. The molecule has 5 aliphatic carbocycles. The van der Waals surface area contributed by atoms with Gasteiger partial charge in [0, 0.05) is 93.9 Å². The third-order valence-corrected chi connectivity index (χ3v) is 30.8. The molecule has 0 unspecified atom stereocenters. The van der Waals surface area contributed by atoms with E-state index >= 15 is 0 Å². The number of benzene rings is 9. The van der Waals surface area contributed by atoms with Crippen molar-refractivity contribution in [3.05, 3.63) is 319 Å². The molecule has 5 fully saturated rings. The van der Waals surface area contributed by atoms with Gasteiger partial charge >= 0.3 is 0 Å². The van der Waals surface area contributed by atoms with Crippen molar-refractivity contribution in [1.82, 2.24) is 4.98 Å². The summed E-state index contributed by atoms with van der Waals surface area (Å²) in [5.41, 5.74) is 36.2. The van der Waals surface area contributed by atoms with Crippen molar-refractivity contribution in [3.63, 3.8) is 0 Å². The van der Waals surface area contributed by atoms with Crippen LogP contribution in [0.25, 0.3) is 110 Å². The molecular weight excluding hydrogens is 1560 g/mol. The Balaban J connectivity index is 0.000000122. The van der Waals surface area contributed by atoms with Crippen LogP contribution in [0.15, 0.2) is 212 Å². The van der Waals surface area contributed by atoms with Crippen LogP contribution in [-0.4, -0.2) is 4.98 Å². The first-order valence-electron chi connectivity index (χ1n) is 51.9. The predicted molar refractivity (Wildman–Crippen MR) is 546 cm³/mol. The molecule has 6 aromatic heterocycles. The minimum atomic E-state index is 0.641. The lowest BCUT2D eigenvalue weighted by atomic mass is 9.83. The molecule has 129 heavy (non-hydrogen) atoms. The minimum absolute atomic E-state index is 0.641. The lowest BCUT2D eigenvalue weighted by molar-refractivity contribution is -0.665. The van der Waals surface area contributed by atoms with E-state index < -0.39 is 0 Å². The summed E-state index contributed by atoms with van der Waals surface area (Å²) in [5.74, 6) is 3.34. The van der Waals surface area contributed by atoms with Gasteiger partial charge in [0.25, 0.3) is 0 Å². The fraction of sp³-hybridized carbons (Fsp3) is 0.398. The van der Waals surface area contributed by atoms with Crippen molar-refractivity contribution >= 4 is 53.9 Å². The van der Waals surface area contributed by atoms with Gasteiger partial charge in [-0.15, -0.1) is 0 Å². The van der Waals surface area contributed by atoms with Crippen LogP contribution in [0.2, 0.25) is 0 Å². The van der Waals surface area contributed by atoms with Gasteiger partial charge < -0.3 is 0 Å². The molecule has 0 spiro atoms. The van der Waals surface area contributed by atoms with Crippen molar-refractivity contribution in [2.45, 2.75) is 287 Å². The summed E-state index contributed by atoms with van der Waals surface area (Å²) in [6.07, 6.45) is 36.6. The fourth-order valence-electron chi connectivity index (χ4n) is 22.4. The summed E-state index contributed by atoms with van der Waals surface area (Å²) in [7, 11) is 10.5. The molecule has 6 heterocycles. The Morgan fingerprint density at radius 2 is 0.566 bits per heavy atom. The summed E-state index contributed by atoms with van der Waals surface area (Å²) in [6, 6.07) is 66.4. The van der Waals surface area contributed by atoms with E-state index in [4.69, 9.17) is 6.85 Å². The van der Waals surface area contributed by atoms with Gasteiger partial charge in [-0.2, -0.15) is 22.8 Å². The second kappa shape index (κ2) is 40.7. The highest BCUT2D eigenvalue weighted by Gasteiger charge is 2.30. The average Bonchev–Trinajstić information content (AvgIpc) is 0.839. The molecule has 5 aliphatic rings. The Bertz CT molecular complexity index is 6940. The van der Waals surface area contributed by atoms with E-state index in [1.807, 2.05) is 19.3 Å². The standard InChI is InChI=1S/2C26H32N.C25H30N.C24H28N.C22H25N2/c1-17-13-18(2)20(4)25(14-17)26-24-12-11-22(21-9-7-6-8-10-21)16-23(24)15-19(3)27(26)5;1-5-20-12-11-18(2)25(16-20)26-24-14-13-22(21-9-7-6-8-10-21)17-23(24)15-19(3)27(26)4;1-17-10-11-18(2)24(14-17)25-23-13-12-21(20-8-6-5-7-9-20)16-22(23)15-19(3)26(25)4;1-17-9-7-8-12-22(17)24-23-14-13-20(19-10-5-4-6-11-19)16-21(23)15-18(2)25(24)3;1-15-10-11-23-14-21(15)22-20-9-8-18(17-6-4-5-7-17)13-19(20)12-16(2)24(22)3/h11-16,21H,6-10H2,1-5H3;11-17,21H,5-10H2,1-4H3;10-16,20H,5-9H2,1-4H3;7-9,12-16,19H,4-6,10-11H2,1-3H3;8-14,17H,4-7H2,1-3H3/q5*+1/i4*15D;12D. The van der Waals surface area contributed by atoms with E-state index in [0.717, 1.165) is 78.5 Å². The second-order valence-corrected chi connectivity index (χ2v) is 39.5. The van der Waals surface area contributed by atoms with Crippen LogP contribution < -0.4 is 22.8 Å². The molecule has 0 aliphatic heterocycles. The van der Waals surface area contributed by atoms with Gasteiger partial charge in [0.1, 0.15) is 35.2 Å². The molecule has 0 radical (unpaired) electrons. The predicted octanol–water partition coefficient (Wildman–Crippen LogP) is 30.5. The maximum Gasteiger partial charge on any atom is 0.222 e. The van der Waals surface area contributed by atoms with Crippen LogP contribution in [0.3, 0.4) is 0 Å². The SMILES string of the molecule is [2H]c1c(C)[n+](C)c(-c2cc(C)cc(C)c2C)c2ccc(C3CCCCC3)cc12.[2H]c1c(C)[n+](C)c(-c2cc(C)ccc2C)c2ccc(C3CCCCC3)cc12.[2H]c1c(C)[n+](C)c(-c2cc(CC)ccc2C)c2ccc(C3CCCCC3)cc12.[2H]c1c(C)[n+](C)c(-c2ccccc2C)c2ccc(C3CCCCC3)cc12.[2H]c1c(C)[n+](C)c(-c2cnccc2C)c2ccc(C3CCCC3)cc12. The number of hydrogen-bond acceptors (Lipinski definition) is 1. The summed E-state index contributed by atoms with van der Waals surface area (Å²) < 4.78 is 54.8. The topological polar surface area (TPSA) is 32.3 Å². The Morgan fingerprint density at radius 3 is 0.915 bits per heavy atom. The highest BCUT2D eigenvalue weighted by atomic mass is 15.0. The molecule has 0 atom stereocenters. The molecule has 664 valence electrons. The number of nitrogens with zero attached hydrogens (tertiary/aromatic N) is 6. The quantitative estimate of drug-likeness (QED) is 0.119. The van der Waals surface area contributed by atoms with E-state index in [-0.39, 0.29) is 0 Å². The lowest BCUT2D eigenvalue weighted by Crippen LogP contribution is -2.35. The Morgan fingerprint density at radius 1 is 0.271 bits per heavy atom. The Labute approximate surface area is 781 Å². The van der Waals surface area contributed by atoms with Crippen molar-refractivity contribution < 1.29 is 29.7 Å². The number of fused-ring (bicyclic) bond motifs is 5. The minimum Gasteiger partial charge on any atom is -0.264 e. The smallest absolute Gasteiger partial charge is 0.222 e. The monoisotopic (exact) mass is 1710 g/mol. The number of pyridine rings is 6. The maximum atomic E-state index is 8.82. The van der Waals surface area contributed by atoms with E-state index in [9.17, 15) is 0 Å². The third kappa shape index (κ3) is 19.9. The van der Waals surface area contributed by atoms with Crippen LogP contribution in [0.4, 0.5) is 0 Å². The summed E-state index contributed by atoms with van der Waals surface area (Å²) in [5, 5.41) is 11.4. The number of aryl methyl sites for hydroxylation is 8. The molecule has 20 rings (SSSR count). The molecule has 0 N–H and O–H groups in total. The molecule has 9 aromatic carbocycles. The van der Waals surface area contributed by atoms with Crippen LogP contribution in [0, 0.1) is 90.0 Å². The van der Waals surface area contributed by atoms with E-state index in [1.165, 1.54) is 299 Å². The van der Waals surface area contributed by atoms with Crippen molar-refractivity contribution in [1.29, 1.82) is 0 Å². The summed E-state index contributed by atoms with van der Waals surface area (Å²) in [4.78, 5) is 4.34. The molecular formula is C123H147N6+5. The second-order valence-electron chi connectivity index (χ2n) is 39.5. The number of aromatic nitrogens is 6. The highest BCUT2D eigenvalue weighted by Crippen LogP contribution is 2.44. The van der Waals surface area contributed by atoms with Gasteiger partial charge in [0.05, 0.1) is 44.9 Å².